The maximum absolute atomic E-state index is 13.1. The molecule has 86 valence electrons. The van der Waals surface area contributed by atoms with Gasteiger partial charge in [-0.3, -0.25) is 9.59 Å². The largest absolute Gasteiger partial charge is 0.469 e. The van der Waals surface area contributed by atoms with E-state index in [1.54, 1.807) is 0 Å². The highest BCUT2D eigenvalue weighted by molar-refractivity contribution is 6.28. The lowest BCUT2D eigenvalue weighted by atomic mass is 9.76. The highest BCUT2D eigenvalue weighted by Gasteiger charge is 2.39. The first-order valence-electron chi connectivity index (χ1n) is 4.90. The van der Waals surface area contributed by atoms with E-state index in [-0.39, 0.29) is 18.1 Å². The molecule has 1 aliphatic rings. The van der Waals surface area contributed by atoms with Crippen molar-refractivity contribution in [3.8, 4) is 0 Å². The minimum Gasteiger partial charge on any atom is -0.469 e. The molecule has 15 heavy (non-hydrogen) atoms. The van der Waals surface area contributed by atoms with E-state index in [2.05, 4.69) is 4.74 Å². The molecule has 0 aliphatic heterocycles. The standard InChI is InChI=1S/C10H14ClFO3/c1-15-10(14)8-4-6(12)2-3-7(8)9(13)5-11/h6-8H,2-5H2,1H3. The molecule has 0 heterocycles. The zero-order valence-corrected chi connectivity index (χ0v) is 9.30. The molecule has 0 amide bonds. The lowest BCUT2D eigenvalue weighted by Gasteiger charge is -2.29. The van der Waals surface area contributed by atoms with Crippen LogP contribution in [-0.2, 0) is 14.3 Å². The second-order valence-corrected chi connectivity index (χ2v) is 4.01. The molecular weight excluding hydrogens is 223 g/mol. The number of hydrogen-bond acceptors (Lipinski definition) is 3. The number of ether oxygens (including phenoxy) is 1. The molecule has 0 radical (unpaired) electrons. The fraction of sp³-hybridized carbons (Fsp3) is 0.800. The molecule has 0 aromatic rings. The first kappa shape index (κ1) is 12.4. The minimum atomic E-state index is -1.02. The summed E-state index contributed by atoms with van der Waals surface area (Å²) in [7, 11) is 1.24. The van der Waals surface area contributed by atoms with Crippen LogP contribution in [0.3, 0.4) is 0 Å². The number of carbonyl (C=O) groups excluding carboxylic acids is 2. The van der Waals surface area contributed by atoms with Crippen LogP contribution < -0.4 is 0 Å². The Hall–Kier alpha value is -0.640. The van der Waals surface area contributed by atoms with E-state index in [9.17, 15) is 14.0 Å². The van der Waals surface area contributed by atoms with Gasteiger partial charge < -0.3 is 4.74 Å². The van der Waals surface area contributed by atoms with E-state index in [0.717, 1.165) is 0 Å². The number of carbonyl (C=O) groups is 2. The van der Waals surface area contributed by atoms with Crippen molar-refractivity contribution < 1.29 is 18.7 Å². The minimum absolute atomic E-state index is 0.0694. The molecular formula is C10H14ClFO3. The highest BCUT2D eigenvalue weighted by atomic mass is 35.5. The average molecular weight is 237 g/mol. The van der Waals surface area contributed by atoms with Crippen molar-refractivity contribution in [3.05, 3.63) is 0 Å². The van der Waals surface area contributed by atoms with Gasteiger partial charge in [0.2, 0.25) is 0 Å². The van der Waals surface area contributed by atoms with Crippen LogP contribution >= 0.6 is 11.6 Å². The van der Waals surface area contributed by atoms with E-state index < -0.39 is 24.0 Å². The quantitative estimate of drug-likeness (QED) is 0.554. The van der Waals surface area contributed by atoms with Crippen LogP contribution in [0.2, 0.25) is 0 Å². The fourth-order valence-corrected chi connectivity index (χ4v) is 2.21. The van der Waals surface area contributed by atoms with Gasteiger partial charge in [0.15, 0.2) is 5.78 Å². The van der Waals surface area contributed by atoms with Gasteiger partial charge in [-0.05, 0) is 19.3 Å². The molecule has 1 fully saturated rings. The number of rotatable bonds is 3. The predicted octanol–water partition coefficient (Wildman–Crippen LogP) is 1.72. The van der Waals surface area contributed by atoms with Gasteiger partial charge in [-0.1, -0.05) is 0 Å². The maximum atomic E-state index is 13.1. The molecule has 3 atom stereocenters. The number of hydrogen-bond donors (Lipinski definition) is 0. The molecule has 1 rings (SSSR count). The van der Waals surface area contributed by atoms with Gasteiger partial charge in [0, 0.05) is 5.92 Å². The number of ketones is 1. The molecule has 0 spiro atoms. The van der Waals surface area contributed by atoms with Crippen molar-refractivity contribution in [1.82, 2.24) is 0 Å². The first-order chi connectivity index (χ1) is 7.10. The smallest absolute Gasteiger partial charge is 0.309 e. The molecule has 0 aromatic heterocycles. The first-order valence-corrected chi connectivity index (χ1v) is 5.44. The summed E-state index contributed by atoms with van der Waals surface area (Å²) in [6.45, 7) is 0. The Labute approximate surface area is 92.9 Å². The van der Waals surface area contributed by atoms with E-state index in [1.807, 2.05) is 0 Å². The zero-order chi connectivity index (χ0) is 11.4. The van der Waals surface area contributed by atoms with E-state index in [0.29, 0.717) is 12.8 Å². The van der Waals surface area contributed by atoms with Crippen LogP contribution in [0.1, 0.15) is 19.3 Å². The number of esters is 1. The van der Waals surface area contributed by atoms with Gasteiger partial charge in [-0.25, -0.2) is 4.39 Å². The molecule has 3 nitrogen and oxygen atoms in total. The van der Waals surface area contributed by atoms with Crippen molar-refractivity contribution >= 4 is 23.4 Å². The Balaban J connectivity index is 2.74. The normalized spacial score (nSPS) is 31.0. The maximum Gasteiger partial charge on any atom is 0.309 e. The summed E-state index contributed by atoms with van der Waals surface area (Å²) in [6, 6.07) is 0. The molecule has 0 aromatic carbocycles. The van der Waals surface area contributed by atoms with E-state index in [1.165, 1.54) is 7.11 Å². The van der Waals surface area contributed by atoms with E-state index >= 15 is 0 Å². The molecule has 0 N–H and O–H groups in total. The van der Waals surface area contributed by atoms with Gasteiger partial charge in [-0.15, -0.1) is 11.6 Å². The average Bonchev–Trinajstić information content (AvgIpc) is 2.26. The Morgan fingerprint density at radius 3 is 2.60 bits per heavy atom. The number of Topliss-reactive ketones (excluding diaryl/α,β-unsaturated/α-hetero) is 1. The highest BCUT2D eigenvalue weighted by Crippen LogP contribution is 2.33. The summed E-state index contributed by atoms with van der Waals surface area (Å²) in [5.41, 5.74) is 0. The van der Waals surface area contributed by atoms with Gasteiger partial charge in [-0.2, -0.15) is 0 Å². The molecule has 0 saturated heterocycles. The second-order valence-electron chi connectivity index (χ2n) is 3.75. The molecule has 5 heteroatoms. The molecule has 1 saturated carbocycles. The van der Waals surface area contributed by atoms with Crippen molar-refractivity contribution in [1.29, 1.82) is 0 Å². The fourth-order valence-electron chi connectivity index (χ4n) is 2.02. The lowest BCUT2D eigenvalue weighted by Crippen LogP contribution is -2.37. The van der Waals surface area contributed by atoms with Crippen molar-refractivity contribution in [2.24, 2.45) is 11.8 Å². The lowest BCUT2D eigenvalue weighted by molar-refractivity contribution is -0.152. The van der Waals surface area contributed by atoms with Crippen molar-refractivity contribution in [2.45, 2.75) is 25.4 Å². The SMILES string of the molecule is COC(=O)C1CC(F)CCC1C(=O)CCl. The second kappa shape index (κ2) is 5.45. The molecule has 0 bridgehead atoms. The van der Waals surface area contributed by atoms with Crippen LogP contribution in [0.25, 0.3) is 0 Å². The summed E-state index contributed by atoms with van der Waals surface area (Å²) in [5, 5.41) is 0. The summed E-state index contributed by atoms with van der Waals surface area (Å²) in [4.78, 5) is 22.8. The monoisotopic (exact) mass is 236 g/mol. The van der Waals surface area contributed by atoms with Gasteiger partial charge >= 0.3 is 5.97 Å². The third-order valence-electron chi connectivity index (χ3n) is 2.84. The third-order valence-corrected chi connectivity index (χ3v) is 3.10. The van der Waals surface area contributed by atoms with Crippen LogP contribution in [0.15, 0.2) is 0 Å². The predicted molar refractivity (Wildman–Crippen MR) is 53.5 cm³/mol. The van der Waals surface area contributed by atoms with E-state index in [4.69, 9.17) is 11.6 Å². The Morgan fingerprint density at radius 2 is 2.07 bits per heavy atom. The topological polar surface area (TPSA) is 43.4 Å². The Bertz CT molecular complexity index is 257. The van der Waals surface area contributed by atoms with Gasteiger partial charge in [0.05, 0.1) is 18.9 Å². The van der Waals surface area contributed by atoms with Gasteiger partial charge in [0.1, 0.15) is 6.17 Å². The van der Waals surface area contributed by atoms with Gasteiger partial charge in [0.25, 0.3) is 0 Å². The zero-order valence-electron chi connectivity index (χ0n) is 8.54. The van der Waals surface area contributed by atoms with Crippen LogP contribution in [0.4, 0.5) is 4.39 Å². The summed E-state index contributed by atoms with van der Waals surface area (Å²) in [6.07, 6.45) is -0.249. The summed E-state index contributed by atoms with van der Waals surface area (Å²) >= 11 is 5.44. The number of alkyl halides is 2. The summed E-state index contributed by atoms with van der Waals surface area (Å²) in [5.74, 6) is -1.97. The van der Waals surface area contributed by atoms with Crippen LogP contribution in [0.5, 0.6) is 0 Å². The summed E-state index contributed by atoms with van der Waals surface area (Å²) < 4.78 is 17.7. The Morgan fingerprint density at radius 1 is 1.40 bits per heavy atom. The van der Waals surface area contributed by atoms with Crippen LogP contribution in [-0.4, -0.2) is 30.9 Å². The number of methoxy groups -OCH3 is 1. The molecule has 1 aliphatic carbocycles. The van der Waals surface area contributed by atoms with Crippen molar-refractivity contribution in [3.63, 3.8) is 0 Å². The Kier molecular flexibility index (Phi) is 4.51. The van der Waals surface area contributed by atoms with Crippen molar-refractivity contribution in [2.75, 3.05) is 13.0 Å². The molecule has 3 unspecified atom stereocenters. The van der Waals surface area contributed by atoms with Crippen LogP contribution in [0, 0.1) is 11.8 Å². The third kappa shape index (κ3) is 2.91. The number of halogens is 2.